The van der Waals surface area contributed by atoms with Crippen LogP contribution in [-0.2, 0) is 4.74 Å². The summed E-state index contributed by atoms with van der Waals surface area (Å²) < 4.78 is 5.17. The van der Waals surface area contributed by atoms with Gasteiger partial charge in [0.15, 0.2) is 0 Å². The second-order valence-corrected chi connectivity index (χ2v) is 5.76. The zero-order chi connectivity index (χ0) is 12.2. The molecule has 0 aliphatic heterocycles. The number of ether oxygens (including phenoxy) is 1. The number of likely N-dealkylation sites (N-methyl/N-ethyl adjacent to an activating group) is 1. The van der Waals surface area contributed by atoms with Gasteiger partial charge in [0.1, 0.15) is 0 Å². The first-order chi connectivity index (χ1) is 7.50. The van der Waals surface area contributed by atoms with Crippen LogP contribution in [0.4, 0.5) is 0 Å². The van der Waals surface area contributed by atoms with Crippen LogP contribution in [0.25, 0.3) is 0 Å². The molecule has 0 bridgehead atoms. The monoisotopic (exact) mass is 228 g/mol. The number of nitrogens with two attached hydrogens (primary N) is 1. The largest absolute Gasteiger partial charge is 0.383 e. The lowest BCUT2D eigenvalue weighted by atomic mass is 9.72. The maximum Gasteiger partial charge on any atom is 0.0589 e. The molecule has 0 amide bonds. The van der Waals surface area contributed by atoms with Crippen molar-refractivity contribution in [3.05, 3.63) is 0 Å². The highest BCUT2D eigenvalue weighted by Gasteiger charge is 2.35. The Bertz CT molecular complexity index is 206. The predicted octanol–water partition coefficient (Wildman–Crippen LogP) is 1.86. The van der Waals surface area contributed by atoms with Gasteiger partial charge >= 0.3 is 0 Å². The maximum absolute atomic E-state index is 6.27. The Morgan fingerprint density at radius 1 is 1.44 bits per heavy atom. The van der Waals surface area contributed by atoms with E-state index in [4.69, 9.17) is 10.5 Å². The van der Waals surface area contributed by atoms with Gasteiger partial charge in [-0.15, -0.1) is 0 Å². The predicted molar refractivity (Wildman–Crippen MR) is 68.5 cm³/mol. The third-order valence-electron chi connectivity index (χ3n) is 3.87. The van der Waals surface area contributed by atoms with Crippen molar-refractivity contribution in [2.24, 2.45) is 11.1 Å². The molecule has 16 heavy (non-hydrogen) atoms. The van der Waals surface area contributed by atoms with Gasteiger partial charge in [0, 0.05) is 25.7 Å². The molecule has 0 spiro atoms. The Morgan fingerprint density at radius 2 is 2.12 bits per heavy atom. The van der Waals surface area contributed by atoms with Gasteiger partial charge in [-0.2, -0.15) is 0 Å². The van der Waals surface area contributed by atoms with E-state index in [1.54, 1.807) is 7.11 Å². The van der Waals surface area contributed by atoms with Crippen LogP contribution in [0, 0.1) is 5.41 Å². The fourth-order valence-corrected chi connectivity index (χ4v) is 2.74. The van der Waals surface area contributed by atoms with Gasteiger partial charge in [-0.25, -0.2) is 0 Å². The lowest BCUT2D eigenvalue weighted by Crippen LogP contribution is -2.53. The van der Waals surface area contributed by atoms with Crippen molar-refractivity contribution in [3.8, 4) is 0 Å². The molecule has 0 aromatic heterocycles. The molecule has 3 heteroatoms. The van der Waals surface area contributed by atoms with E-state index in [0.29, 0.717) is 17.5 Å². The number of methoxy groups -OCH3 is 1. The van der Waals surface area contributed by atoms with E-state index in [-0.39, 0.29) is 0 Å². The summed E-state index contributed by atoms with van der Waals surface area (Å²) in [6.07, 6.45) is 3.62. The highest BCUT2D eigenvalue weighted by molar-refractivity contribution is 4.92. The second-order valence-electron chi connectivity index (χ2n) is 5.76. The van der Waals surface area contributed by atoms with Gasteiger partial charge in [-0.3, -0.25) is 4.90 Å². The first kappa shape index (κ1) is 13.9. The average molecular weight is 228 g/mol. The molecule has 2 unspecified atom stereocenters. The van der Waals surface area contributed by atoms with E-state index in [1.165, 1.54) is 12.8 Å². The van der Waals surface area contributed by atoms with Crippen molar-refractivity contribution in [1.82, 2.24) is 4.90 Å². The lowest BCUT2D eigenvalue weighted by Gasteiger charge is -2.44. The summed E-state index contributed by atoms with van der Waals surface area (Å²) in [7, 11) is 1.76. The Labute approximate surface area is 100 Å². The minimum Gasteiger partial charge on any atom is -0.383 e. The molecular weight excluding hydrogens is 200 g/mol. The molecule has 1 rings (SSSR count). The Morgan fingerprint density at radius 3 is 2.69 bits per heavy atom. The molecule has 2 N–H and O–H groups in total. The van der Waals surface area contributed by atoms with Crippen LogP contribution >= 0.6 is 0 Å². The fourth-order valence-electron chi connectivity index (χ4n) is 2.74. The van der Waals surface area contributed by atoms with Crippen LogP contribution in [0.2, 0.25) is 0 Å². The van der Waals surface area contributed by atoms with Crippen LogP contribution < -0.4 is 5.73 Å². The Hall–Kier alpha value is -0.120. The maximum atomic E-state index is 6.27. The fraction of sp³-hybridized carbons (Fsp3) is 1.00. The molecular formula is C13H28N2O. The van der Waals surface area contributed by atoms with Gasteiger partial charge in [0.05, 0.1) is 6.61 Å². The van der Waals surface area contributed by atoms with Crippen LogP contribution in [0.5, 0.6) is 0 Å². The standard InChI is InChI=1S/C13H28N2O/c1-5-15(8-9-16-4)12-10-13(2,3)7-6-11(12)14/h11-12H,5-10,14H2,1-4H3. The minimum absolute atomic E-state index is 0.338. The van der Waals surface area contributed by atoms with Gasteiger partial charge in [-0.05, 0) is 31.2 Å². The molecule has 1 aliphatic carbocycles. The third kappa shape index (κ3) is 3.72. The molecule has 1 saturated carbocycles. The molecule has 96 valence electrons. The molecule has 3 nitrogen and oxygen atoms in total. The van der Waals surface area contributed by atoms with Gasteiger partial charge in [-0.1, -0.05) is 20.8 Å². The van der Waals surface area contributed by atoms with E-state index in [1.807, 2.05) is 0 Å². The SMILES string of the molecule is CCN(CCOC)C1CC(C)(C)CCC1N. The Balaban J connectivity index is 2.58. The van der Waals surface area contributed by atoms with E-state index in [0.717, 1.165) is 26.1 Å². The van der Waals surface area contributed by atoms with Gasteiger partial charge in [0.25, 0.3) is 0 Å². The molecule has 0 aromatic rings. The van der Waals surface area contributed by atoms with E-state index in [2.05, 4.69) is 25.7 Å². The molecule has 2 atom stereocenters. The number of hydrogen-bond acceptors (Lipinski definition) is 3. The van der Waals surface area contributed by atoms with E-state index in [9.17, 15) is 0 Å². The minimum atomic E-state index is 0.338. The third-order valence-corrected chi connectivity index (χ3v) is 3.87. The van der Waals surface area contributed by atoms with Gasteiger partial charge in [0.2, 0.25) is 0 Å². The molecule has 1 fully saturated rings. The summed E-state index contributed by atoms with van der Waals surface area (Å²) in [6, 6.07) is 0.869. The van der Waals surface area contributed by atoms with Gasteiger partial charge < -0.3 is 10.5 Å². The number of rotatable bonds is 5. The van der Waals surface area contributed by atoms with Crippen molar-refractivity contribution < 1.29 is 4.74 Å². The summed E-state index contributed by atoms with van der Waals surface area (Å²) >= 11 is 0. The van der Waals surface area contributed by atoms with Crippen molar-refractivity contribution >= 4 is 0 Å². The zero-order valence-electron chi connectivity index (χ0n) is 11.3. The summed E-state index contributed by atoms with van der Waals surface area (Å²) in [5, 5.41) is 0. The van der Waals surface area contributed by atoms with Crippen molar-refractivity contribution in [2.45, 2.75) is 52.1 Å². The summed E-state index contributed by atoms with van der Waals surface area (Å²) in [4.78, 5) is 2.48. The summed E-state index contributed by atoms with van der Waals surface area (Å²) in [6.45, 7) is 9.80. The smallest absolute Gasteiger partial charge is 0.0589 e. The van der Waals surface area contributed by atoms with Crippen molar-refractivity contribution in [3.63, 3.8) is 0 Å². The molecule has 0 heterocycles. The second kappa shape index (κ2) is 5.99. The number of nitrogens with zero attached hydrogens (tertiary/aromatic N) is 1. The molecule has 0 radical (unpaired) electrons. The topological polar surface area (TPSA) is 38.5 Å². The zero-order valence-corrected chi connectivity index (χ0v) is 11.3. The lowest BCUT2D eigenvalue weighted by molar-refractivity contribution is 0.0593. The first-order valence-electron chi connectivity index (χ1n) is 6.48. The summed E-state index contributed by atoms with van der Waals surface area (Å²) in [5.41, 5.74) is 6.71. The van der Waals surface area contributed by atoms with Crippen molar-refractivity contribution in [2.75, 3.05) is 26.8 Å². The van der Waals surface area contributed by atoms with E-state index < -0.39 is 0 Å². The number of hydrogen-bond donors (Lipinski definition) is 1. The average Bonchev–Trinajstić information content (AvgIpc) is 2.24. The first-order valence-corrected chi connectivity index (χ1v) is 6.48. The van der Waals surface area contributed by atoms with Crippen LogP contribution in [0.1, 0.15) is 40.0 Å². The highest BCUT2D eigenvalue weighted by atomic mass is 16.5. The Kier molecular flexibility index (Phi) is 5.22. The van der Waals surface area contributed by atoms with Crippen molar-refractivity contribution in [1.29, 1.82) is 0 Å². The molecule has 0 saturated heterocycles. The molecule has 0 aromatic carbocycles. The van der Waals surface area contributed by atoms with Crippen LogP contribution in [0.3, 0.4) is 0 Å². The van der Waals surface area contributed by atoms with Crippen LogP contribution in [0.15, 0.2) is 0 Å². The van der Waals surface area contributed by atoms with E-state index >= 15 is 0 Å². The normalized spacial score (nSPS) is 29.6. The molecule has 1 aliphatic rings. The quantitative estimate of drug-likeness (QED) is 0.780. The highest BCUT2D eigenvalue weighted by Crippen LogP contribution is 2.36. The van der Waals surface area contributed by atoms with Crippen LogP contribution in [-0.4, -0.2) is 43.8 Å². The summed E-state index contributed by atoms with van der Waals surface area (Å²) in [5.74, 6) is 0.